The van der Waals surface area contributed by atoms with Crippen LogP contribution in [0.1, 0.15) is 25.7 Å². The molecular formula is C11H16ClN5O. The zero-order valence-corrected chi connectivity index (χ0v) is 10.7. The molecule has 0 aliphatic heterocycles. The monoisotopic (exact) mass is 269 g/mol. The van der Waals surface area contributed by atoms with Crippen LogP contribution in [0.5, 0.6) is 0 Å². The van der Waals surface area contributed by atoms with Gasteiger partial charge >= 0.3 is 0 Å². The Hall–Kier alpha value is -1.56. The Morgan fingerprint density at radius 2 is 2.28 bits per heavy atom. The fourth-order valence-electron chi connectivity index (χ4n) is 1.52. The number of nitrogens with two attached hydrogens (primary N) is 1. The summed E-state index contributed by atoms with van der Waals surface area (Å²) >= 11 is 5.74. The number of halogens is 1. The van der Waals surface area contributed by atoms with Gasteiger partial charge in [-0.15, -0.1) is 0 Å². The van der Waals surface area contributed by atoms with E-state index in [4.69, 9.17) is 17.3 Å². The maximum atomic E-state index is 11.4. The van der Waals surface area contributed by atoms with Gasteiger partial charge in [0.1, 0.15) is 11.0 Å². The molecule has 0 saturated heterocycles. The Kier molecular flexibility index (Phi) is 4.19. The average molecular weight is 270 g/mol. The molecule has 0 unspecified atom stereocenters. The molecule has 1 fully saturated rings. The average Bonchev–Trinajstić information content (AvgIpc) is 3.07. The maximum Gasteiger partial charge on any atom is 0.223 e. The molecule has 1 aliphatic rings. The lowest BCUT2D eigenvalue weighted by molar-refractivity contribution is -0.121. The van der Waals surface area contributed by atoms with E-state index in [-0.39, 0.29) is 11.9 Å². The van der Waals surface area contributed by atoms with Crippen molar-refractivity contribution >= 4 is 29.3 Å². The summed E-state index contributed by atoms with van der Waals surface area (Å²) in [6.07, 6.45) is 3.48. The standard InChI is InChI=1S/C11H16ClN5O/c12-8-6-9(17-11(13)16-8)14-5-1-2-10(18)15-7-3-4-7/h6-7H,1-5H2,(H,15,18)(H3,13,14,16,17). The van der Waals surface area contributed by atoms with Crippen molar-refractivity contribution in [1.82, 2.24) is 15.3 Å². The van der Waals surface area contributed by atoms with E-state index in [0.29, 0.717) is 30.0 Å². The van der Waals surface area contributed by atoms with Gasteiger partial charge in [0.25, 0.3) is 0 Å². The summed E-state index contributed by atoms with van der Waals surface area (Å²) < 4.78 is 0. The fourth-order valence-corrected chi connectivity index (χ4v) is 1.71. The second-order valence-electron chi connectivity index (χ2n) is 4.31. The van der Waals surface area contributed by atoms with Gasteiger partial charge in [0, 0.05) is 25.1 Å². The molecule has 1 aliphatic carbocycles. The van der Waals surface area contributed by atoms with Gasteiger partial charge in [-0.25, -0.2) is 4.98 Å². The first kappa shape index (κ1) is 12.9. The number of nitrogens with zero attached hydrogens (tertiary/aromatic N) is 2. The first-order valence-electron chi connectivity index (χ1n) is 5.97. The largest absolute Gasteiger partial charge is 0.370 e. The minimum Gasteiger partial charge on any atom is -0.370 e. The summed E-state index contributed by atoms with van der Waals surface area (Å²) in [6.45, 7) is 0.644. The molecule has 1 amide bonds. The van der Waals surface area contributed by atoms with E-state index in [1.165, 1.54) is 0 Å². The Labute approximate surface area is 110 Å². The molecular weight excluding hydrogens is 254 g/mol. The normalized spacial score (nSPS) is 14.3. The lowest BCUT2D eigenvalue weighted by Gasteiger charge is -2.06. The van der Waals surface area contributed by atoms with E-state index < -0.39 is 0 Å². The van der Waals surface area contributed by atoms with E-state index in [2.05, 4.69) is 20.6 Å². The second kappa shape index (κ2) is 5.86. The van der Waals surface area contributed by atoms with Crippen molar-refractivity contribution in [2.24, 2.45) is 0 Å². The molecule has 0 bridgehead atoms. The third-order valence-electron chi connectivity index (χ3n) is 2.54. The van der Waals surface area contributed by atoms with Gasteiger partial charge in [0.2, 0.25) is 11.9 Å². The molecule has 1 saturated carbocycles. The van der Waals surface area contributed by atoms with Crippen molar-refractivity contribution in [3.8, 4) is 0 Å². The van der Waals surface area contributed by atoms with Crippen molar-refractivity contribution in [2.75, 3.05) is 17.6 Å². The summed E-state index contributed by atoms with van der Waals surface area (Å²) in [4.78, 5) is 19.1. The van der Waals surface area contributed by atoms with Gasteiger partial charge in [-0.1, -0.05) is 11.6 Å². The molecule has 0 atom stereocenters. The summed E-state index contributed by atoms with van der Waals surface area (Å²) in [6, 6.07) is 2.02. The van der Waals surface area contributed by atoms with Crippen LogP contribution in [0, 0.1) is 0 Å². The predicted octanol–water partition coefficient (Wildman–Crippen LogP) is 1.18. The number of carbonyl (C=O) groups excluding carboxylic acids is 1. The number of nitrogens with one attached hydrogen (secondary N) is 2. The number of nitrogen functional groups attached to an aromatic ring is 1. The Morgan fingerprint density at radius 3 is 2.94 bits per heavy atom. The summed E-state index contributed by atoms with van der Waals surface area (Å²) in [5, 5.41) is 6.29. The lowest BCUT2D eigenvalue weighted by atomic mass is 10.3. The third kappa shape index (κ3) is 4.37. The van der Waals surface area contributed by atoms with E-state index in [1.807, 2.05) is 0 Å². The zero-order valence-electron chi connectivity index (χ0n) is 9.95. The lowest BCUT2D eigenvalue weighted by Crippen LogP contribution is -2.25. The van der Waals surface area contributed by atoms with Gasteiger partial charge in [0.05, 0.1) is 0 Å². The SMILES string of the molecule is Nc1nc(Cl)cc(NCCCC(=O)NC2CC2)n1. The number of anilines is 2. The van der Waals surface area contributed by atoms with Crippen molar-refractivity contribution in [3.63, 3.8) is 0 Å². The molecule has 98 valence electrons. The van der Waals surface area contributed by atoms with Gasteiger partial charge < -0.3 is 16.4 Å². The zero-order chi connectivity index (χ0) is 13.0. The highest BCUT2D eigenvalue weighted by Gasteiger charge is 2.22. The quantitative estimate of drug-likeness (QED) is 0.533. The molecule has 0 radical (unpaired) electrons. The molecule has 7 heteroatoms. The van der Waals surface area contributed by atoms with Crippen LogP contribution in [-0.2, 0) is 4.79 Å². The molecule has 0 aromatic carbocycles. The van der Waals surface area contributed by atoms with Crippen LogP contribution in [0.3, 0.4) is 0 Å². The van der Waals surface area contributed by atoms with E-state index >= 15 is 0 Å². The van der Waals surface area contributed by atoms with E-state index in [9.17, 15) is 4.79 Å². The van der Waals surface area contributed by atoms with Gasteiger partial charge in [-0.05, 0) is 19.3 Å². The fraction of sp³-hybridized carbons (Fsp3) is 0.545. The number of hydrogen-bond donors (Lipinski definition) is 3. The van der Waals surface area contributed by atoms with Crippen LogP contribution in [-0.4, -0.2) is 28.5 Å². The number of hydrogen-bond acceptors (Lipinski definition) is 5. The van der Waals surface area contributed by atoms with E-state index in [0.717, 1.165) is 19.3 Å². The summed E-state index contributed by atoms with van der Waals surface area (Å²) in [7, 11) is 0. The number of amides is 1. The van der Waals surface area contributed by atoms with Gasteiger partial charge in [0.15, 0.2) is 0 Å². The van der Waals surface area contributed by atoms with Crippen LogP contribution in [0.4, 0.5) is 11.8 Å². The molecule has 1 heterocycles. The number of carbonyl (C=O) groups is 1. The van der Waals surface area contributed by atoms with Crippen LogP contribution in [0.2, 0.25) is 5.15 Å². The minimum atomic E-state index is 0.111. The van der Waals surface area contributed by atoms with Crippen LogP contribution in [0.25, 0.3) is 0 Å². The highest BCUT2D eigenvalue weighted by molar-refractivity contribution is 6.29. The van der Waals surface area contributed by atoms with Crippen LogP contribution in [0.15, 0.2) is 6.07 Å². The van der Waals surface area contributed by atoms with E-state index in [1.54, 1.807) is 6.07 Å². The Morgan fingerprint density at radius 1 is 1.50 bits per heavy atom. The Balaban J connectivity index is 1.66. The molecule has 1 aromatic rings. The minimum absolute atomic E-state index is 0.111. The third-order valence-corrected chi connectivity index (χ3v) is 2.74. The predicted molar refractivity (Wildman–Crippen MR) is 70.3 cm³/mol. The maximum absolute atomic E-state index is 11.4. The van der Waals surface area contributed by atoms with Gasteiger partial charge in [-0.2, -0.15) is 4.98 Å². The molecule has 18 heavy (non-hydrogen) atoms. The molecule has 6 nitrogen and oxygen atoms in total. The van der Waals surface area contributed by atoms with Crippen molar-refractivity contribution in [1.29, 1.82) is 0 Å². The first-order chi connectivity index (χ1) is 8.63. The highest BCUT2D eigenvalue weighted by Crippen LogP contribution is 2.18. The molecule has 0 spiro atoms. The number of rotatable bonds is 6. The second-order valence-corrected chi connectivity index (χ2v) is 4.69. The highest BCUT2D eigenvalue weighted by atomic mass is 35.5. The molecule has 2 rings (SSSR count). The van der Waals surface area contributed by atoms with Crippen molar-refractivity contribution in [2.45, 2.75) is 31.7 Å². The van der Waals surface area contributed by atoms with Gasteiger partial charge in [-0.3, -0.25) is 4.79 Å². The smallest absolute Gasteiger partial charge is 0.223 e. The topological polar surface area (TPSA) is 92.9 Å². The number of aromatic nitrogens is 2. The molecule has 1 aromatic heterocycles. The van der Waals surface area contributed by atoms with Crippen molar-refractivity contribution in [3.05, 3.63) is 11.2 Å². The van der Waals surface area contributed by atoms with Crippen LogP contribution < -0.4 is 16.4 Å². The summed E-state index contributed by atoms with van der Waals surface area (Å²) in [5.74, 6) is 0.825. The molecule has 4 N–H and O–H groups in total. The summed E-state index contributed by atoms with van der Waals surface area (Å²) in [5.41, 5.74) is 5.46. The Bertz CT molecular complexity index is 415. The first-order valence-corrected chi connectivity index (χ1v) is 6.34. The van der Waals surface area contributed by atoms with Crippen molar-refractivity contribution < 1.29 is 4.79 Å². The van der Waals surface area contributed by atoms with Crippen LogP contribution >= 0.6 is 11.6 Å².